The minimum atomic E-state index is 0.411. The number of H-pyrrole nitrogens is 1. The van der Waals surface area contributed by atoms with Gasteiger partial charge in [0, 0.05) is 17.7 Å². The van der Waals surface area contributed by atoms with Crippen LogP contribution in [0.1, 0.15) is 31.2 Å². The molecule has 0 unspecified atom stereocenters. The van der Waals surface area contributed by atoms with Gasteiger partial charge in [0.15, 0.2) is 5.82 Å². The first-order valence-electron chi connectivity index (χ1n) is 13.0. The highest BCUT2D eigenvalue weighted by molar-refractivity contribution is 6.28. The summed E-state index contributed by atoms with van der Waals surface area (Å²) >= 11 is 6.39. The summed E-state index contributed by atoms with van der Waals surface area (Å²) < 4.78 is 3.95. The Balaban J connectivity index is 1.44. The summed E-state index contributed by atoms with van der Waals surface area (Å²) in [6.45, 7) is 2.70. The number of halogens is 1. The van der Waals surface area contributed by atoms with Gasteiger partial charge in [-0.3, -0.25) is 0 Å². The average molecular weight is 535 g/mol. The van der Waals surface area contributed by atoms with Gasteiger partial charge in [0.2, 0.25) is 11.1 Å². The molecule has 0 aliphatic heterocycles. The zero-order chi connectivity index (χ0) is 26.6. The van der Waals surface area contributed by atoms with Crippen LogP contribution < -0.4 is 0 Å². The van der Waals surface area contributed by atoms with E-state index in [2.05, 4.69) is 96.8 Å². The first-order chi connectivity index (χ1) is 19.2. The third-order valence-electron chi connectivity index (χ3n) is 6.66. The predicted octanol–water partition coefficient (Wildman–Crippen LogP) is 6.63. The number of hydrogen-bond donors (Lipinski definition) is 1. The monoisotopic (exact) mass is 534 g/mol. The highest BCUT2D eigenvalue weighted by Gasteiger charge is 2.23. The van der Waals surface area contributed by atoms with E-state index in [4.69, 9.17) is 11.6 Å². The van der Waals surface area contributed by atoms with Crippen molar-refractivity contribution in [3.8, 4) is 39.6 Å². The Labute approximate surface area is 231 Å². The van der Waals surface area contributed by atoms with Crippen LogP contribution in [0.3, 0.4) is 0 Å². The molecule has 0 aliphatic carbocycles. The molecule has 0 bridgehead atoms. The lowest BCUT2D eigenvalue weighted by molar-refractivity contribution is 0.661. The second-order valence-electron chi connectivity index (χ2n) is 9.32. The lowest BCUT2D eigenvalue weighted by atomic mass is 10.0. The van der Waals surface area contributed by atoms with Gasteiger partial charge in [-0.1, -0.05) is 86.1 Å². The average Bonchev–Trinajstić information content (AvgIpc) is 3.72. The maximum Gasteiger partial charge on any atom is 0.222 e. The van der Waals surface area contributed by atoms with Crippen molar-refractivity contribution < 1.29 is 0 Å². The molecule has 0 atom stereocenters. The number of rotatable bonds is 9. The Bertz CT molecular complexity index is 1650. The molecule has 0 spiro atoms. The Morgan fingerprint density at radius 2 is 1.59 bits per heavy atom. The maximum absolute atomic E-state index is 6.39. The number of unbranched alkanes of at least 4 members (excludes halogenated alkanes) is 1. The van der Waals surface area contributed by atoms with E-state index in [9.17, 15) is 0 Å². The van der Waals surface area contributed by atoms with E-state index in [-0.39, 0.29) is 0 Å². The van der Waals surface area contributed by atoms with E-state index < -0.39 is 0 Å². The Morgan fingerprint density at radius 3 is 2.26 bits per heavy atom. The third-order valence-corrected chi connectivity index (χ3v) is 6.94. The largest absolute Gasteiger partial charge is 0.306 e. The summed E-state index contributed by atoms with van der Waals surface area (Å²) in [7, 11) is 0. The first-order valence-corrected chi connectivity index (χ1v) is 13.4. The minimum absolute atomic E-state index is 0.411. The molecular formula is C30H27ClN8. The summed E-state index contributed by atoms with van der Waals surface area (Å²) in [5, 5.41) is 20.2. The van der Waals surface area contributed by atoms with E-state index in [0.717, 1.165) is 64.4 Å². The van der Waals surface area contributed by atoms with Crippen molar-refractivity contribution in [2.45, 2.75) is 32.7 Å². The van der Waals surface area contributed by atoms with Gasteiger partial charge in [0.25, 0.3) is 0 Å². The van der Waals surface area contributed by atoms with E-state index in [1.165, 1.54) is 0 Å². The van der Waals surface area contributed by atoms with Crippen molar-refractivity contribution >= 4 is 11.6 Å². The van der Waals surface area contributed by atoms with E-state index in [1.54, 1.807) is 4.68 Å². The molecule has 0 fully saturated rings. The van der Waals surface area contributed by atoms with Gasteiger partial charge in [-0.25, -0.2) is 9.67 Å². The molecule has 0 amide bonds. The molecule has 0 saturated carbocycles. The molecule has 194 valence electrons. The van der Waals surface area contributed by atoms with Gasteiger partial charge in [-0.05, 0) is 58.1 Å². The first kappa shape index (κ1) is 24.8. The Morgan fingerprint density at radius 1 is 0.872 bits per heavy atom. The van der Waals surface area contributed by atoms with Crippen molar-refractivity contribution in [1.29, 1.82) is 0 Å². The van der Waals surface area contributed by atoms with Gasteiger partial charge in [0.1, 0.15) is 5.69 Å². The summed E-state index contributed by atoms with van der Waals surface area (Å²) in [4.78, 5) is 4.42. The molecule has 8 nitrogen and oxygen atoms in total. The van der Waals surface area contributed by atoms with Crippen molar-refractivity contribution in [2.24, 2.45) is 0 Å². The number of nitrogens with zero attached hydrogens (tertiary/aromatic N) is 7. The molecule has 0 saturated heterocycles. The normalized spacial score (nSPS) is 11.2. The molecule has 9 heteroatoms. The SMILES string of the molecule is CCCCc1nc(Cl)n(Cc2ccc(-n3c(-c4ccccc4)cc(-c4ccccc4)c3-c3nn[nH]n3)cc2)n1. The second kappa shape index (κ2) is 11.0. The highest BCUT2D eigenvalue weighted by Crippen LogP contribution is 2.39. The van der Waals surface area contributed by atoms with Crippen LogP contribution in [0.15, 0.2) is 91.0 Å². The van der Waals surface area contributed by atoms with Crippen LogP contribution in [0, 0.1) is 0 Å². The quantitative estimate of drug-likeness (QED) is 0.225. The number of aromatic nitrogens is 8. The zero-order valence-corrected chi connectivity index (χ0v) is 22.3. The lowest BCUT2D eigenvalue weighted by Gasteiger charge is -2.14. The number of nitrogens with one attached hydrogen (secondary N) is 1. The van der Waals surface area contributed by atoms with E-state index in [1.807, 2.05) is 36.4 Å². The van der Waals surface area contributed by atoms with Crippen LogP contribution in [-0.4, -0.2) is 40.0 Å². The van der Waals surface area contributed by atoms with Crippen LogP contribution in [0.4, 0.5) is 0 Å². The lowest BCUT2D eigenvalue weighted by Crippen LogP contribution is -2.04. The molecule has 6 rings (SSSR count). The predicted molar refractivity (Wildman–Crippen MR) is 153 cm³/mol. The van der Waals surface area contributed by atoms with Crippen molar-refractivity contribution in [3.05, 3.63) is 108 Å². The molecule has 0 aliphatic rings. The number of hydrogen-bond acceptors (Lipinski definition) is 5. The molecular weight excluding hydrogens is 508 g/mol. The van der Waals surface area contributed by atoms with Crippen molar-refractivity contribution in [3.63, 3.8) is 0 Å². The van der Waals surface area contributed by atoms with Crippen LogP contribution in [-0.2, 0) is 13.0 Å². The van der Waals surface area contributed by atoms with Crippen LogP contribution in [0.2, 0.25) is 5.28 Å². The number of benzene rings is 3. The number of aromatic amines is 1. The molecule has 3 aromatic carbocycles. The summed E-state index contributed by atoms with van der Waals surface area (Å²) in [5.74, 6) is 1.31. The van der Waals surface area contributed by atoms with Gasteiger partial charge in [0.05, 0.1) is 12.2 Å². The van der Waals surface area contributed by atoms with Crippen LogP contribution >= 0.6 is 11.6 Å². The maximum atomic E-state index is 6.39. The molecule has 6 aromatic rings. The summed E-state index contributed by atoms with van der Waals surface area (Å²) in [6.07, 6.45) is 2.97. The van der Waals surface area contributed by atoms with E-state index >= 15 is 0 Å². The smallest absolute Gasteiger partial charge is 0.222 e. The minimum Gasteiger partial charge on any atom is -0.306 e. The fourth-order valence-electron chi connectivity index (χ4n) is 4.75. The topological polar surface area (TPSA) is 90.1 Å². The fraction of sp³-hybridized carbons (Fsp3) is 0.167. The highest BCUT2D eigenvalue weighted by atomic mass is 35.5. The van der Waals surface area contributed by atoms with Gasteiger partial charge in [-0.2, -0.15) is 10.3 Å². The molecule has 3 aromatic heterocycles. The van der Waals surface area contributed by atoms with E-state index in [0.29, 0.717) is 17.7 Å². The van der Waals surface area contributed by atoms with Gasteiger partial charge < -0.3 is 4.57 Å². The molecule has 1 N–H and O–H groups in total. The summed E-state index contributed by atoms with van der Waals surface area (Å²) in [5.41, 5.74) is 7.13. The standard InChI is InChI=1S/C30H27ClN8/c1-2-3-14-27-32-30(31)38(35-27)20-21-15-17-24(18-16-21)39-26(23-12-8-5-9-13-23)19-25(22-10-6-4-7-11-22)28(39)29-33-36-37-34-29/h4-13,15-19H,2-3,14,20H2,1H3,(H,33,34,36,37). The second-order valence-corrected chi connectivity index (χ2v) is 9.66. The van der Waals surface area contributed by atoms with Crippen molar-refractivity contribution in [1.82, 2.24) is 40.0 Å². The summed E-state index contributed by atoms with van der Waals surface area (Å²) in [6, 6.07) is 31.2. The van der Waals surface area contributed by atoms with Crippen LogP contribution in [0.25, 0.3) is 39.6 Å². The van der Waals surface area contributed by atoms with Gasteiger partial charge in [-0.15, -0.1) is 10.2 Å². The van der Waals surface area contributed by atoms with Crippen molar-refractivity contribution in [2.75, 3.05) is 0 Å². The Hall–Kier alpha value is -4.56. The number of aryl methyl sites for hydroxylation is 1. The Kier molecular flexibility index (Phi) is 7.01. The third kappa shape index (κ3) is 5.11. The molecule has 3 heterocycles. The number of tetrazole rings is 1. The fourth-order valence-corrected chi connectivity index (χ4v) is 4.95. The van der Waals surface area contributed by atoms with Gasteiger partial charge >= 0.3 is 0 Å². The van der Waals surface area contributed by atoms with Crippen LogP contribution in [0.5, 0.6) is 0 Å². The molecule has 39 heavy (non-hydrogen) atoms. The molecule has 0 radical (unpaired) electrons. The zero-order valence-electron chi connectivity index (χ0n) is 21.5.